The Morgan fingerprint density at radius 1 is 1.00 bits per heavy atom. The normalized spacial score (nSPS) is 11.0. The van der Waals surface area contributed by atoms with Crippen LogP contribution in [-0.4, -0.2) is 25.1 Å². The molecule has 0 aliphatic carbocycles. The molecule has 0 radical (unpaired) electrons. The SMILES string of the molecule is COc1ccc2ccccc2c1/C=N/NC(=O)c1ccc(NC(=O)C(C)C)cc1. The third-order valence-corrected chi connectivity index (χ3v) is 4.45. The maximum Gasteiger partial charge on any atom is 0.271 e. The number of methoxy groups -OCH3 is 1. The second kappa shape index (κ2) is 9.01. The molecular weight excluding hydrogens is 366 g/mol. The van der Waals surface area contributed by atoms with Crippen molar-refractivity contribution in [3.8, 4) is 5.75 Å². The molecule has 0 heterocycles. The number of nitrogens with one attached hydrogen (secondary N) is 2. The molecule has 0 unspecified atom stereocenters. The summed E-state index contributed by atoms with van der Waals surface area (Å²) in [5, 5.41) is 8.92. The summed E-state index contributed by atoms with van der Waals surface area (Å²) >= 11 is 0. The fourth-order valence-electron chi connectivity index (χ4n) is 2.80. The van der Waals surface area contributed by atoms with Crippen LogP contribution in [-0.2, 0) is 4.79 Å². The van der Waals surface area contributed by atoms with E-state index in [1.807, 2.05) is 50.2 Å². The van der Waals surface area contributed by atoms with Gasteiger partial charge in [0.05, 0.1) is 13.3 Å². The summed E-state index contributed by atoms with van der Waals surface area (Å²) < 4.78 is 5.42. The average Bonchev–Trinajstić information content (AvgIpc) is 2.74. The highest BCUT2D eigenvalue weighted by Gasteiger charge is 2.09. The minimum absolute atomic E-state index is 0.0733. The van der Waals surface area contributed by atoms with Crippen LogP contribution in [0.15, 0.2) is 65.8 Å². The summed E-state index contributed by atoms with van der Waals surface area (Å²) in [6.07, 6.45) is 1.58. The molecule has 0 aromatic heterocycles. The maximum absolute atomic E-state index is 12.4. The molecule has 0 aliphatic heterocycles. The number of anilines is 1. The number of benzene rings is 3. The Kier molecular flexibility index (Phi) is 6.24. The van der Waals surface area contributed by atoms with Crippen LogP contribution in [0.3, 0.4) is 0 Å². The van der Waals surface area contributed by atoms with E-state index in [9.17, 15) is 9.59 Å². The molecule has 0 fully saturated rings. The Bertz CT molecular complexity index is 1060. The van der Waals surface area contributed by atoms with Crippen LogP contribution in [0.1, 0.15) is 29.8 Å². The summed E-state index contributed by atoms with van der Waals surface area (Å²) in [6.45, 7) is 3.64. The average molecular weight is 389 g/mol. The number of carbonyl (C=O) groups excluding carboxylic acids is 2. The fraction of sp³-hybridized carbons (Fsp3) is 0.174. The zero-order valence-corrected chi connectivity index (χ0v) is 16.6. The van der Waals surface area contributed by atoms with Gasteiger partial charge >= 0.3 is 0 Å². The molecule has 0 aliphatic rings. The monoisotopic (exact) mass is 389 g/mol. The maximum atomic E-state index is 12.4. The lowest BCUT2D eigenvalue weighted by molar-refractivity contribution is -0.118. The zero-order chi connectivity index (χ0) is 20.8. The molecule has 0 atom stereocenters. The van der Waals surface area contributed by atoms with Crippen molar-refractivity contribution in [3.05, 3.63) is 71.8 Å². The van der Waals surface area contributed by atoms with Crippen LogP contribution < -0.4 is 15.5 Å². The molecule has 3 aromatic rings. The molecule has 0 saturated carbocycles. The van der Waals surface area contributed by atoms with Crippen LogP contribution in [0.25, 0.3) is 10.8 Å². The Labute approximate surface area is 169 Å². The van der Waals surface area contributed by atoms with Gasteiger partial charge in [-0.3, -0.25) is 9.59 Å². The second-order valence-electron chi connectivity index (χ2n) is 6.82. The van der Waals surface area contributed by atoms with Crippen molar-refractivity contribution in [3.63, 3.8) is 0 Å². The Hall–Kier alpha value is -3.67. The van der Waals surface area contributed by atoms with Gasteiger partial charge in [0, 0.05) is 22.7 Å². The van der Waals surface area contributed by atoms with Crippen molar-refractivity contribution in [1.82, 2.24) is 5.43 Å². The van der Waals surface area contributed by atoms with Crippen LogP contribution in [0.2, 0.25) is 0 Å². The van der Waals surface area contributed by atoms with Gasteiger partial charge in [0.1, 0.15) is 5.75 Å². The Balaban J connectivity index is 1.72. The Morgan fingerprint density at radius 3 is 2.41 bits per heavy atom. The van der Waals surface area contributed by atoms with Gasteiger partial charge in [0.25, 0.3) is 5.91 Å². The molecule has 3 aromatic carbocycles. The third kappa shape index (κ3) is 4.79. The third-order valence-electron chi connectivity index (χ3n) is 4.45. The molecule has 148 valence electrons. The quantitative estimate of drug-likeness (QED) is 0.490. The first kappa shape index (κ1) is 20.1. The van der Waals surface area contributed by atoms with Crippen LogP contribution in [0, 0.1) is 5.92 Å². The van der Waals surface area contributed by atoms with E-state index in [2.05, 4.69) is 15.8 Å². The molecule has 6 heteroatoms. The van der Waals surface area contributed by atoms with Gasteiger partial charge in [-0.2, -0.15) is 5.10 Å². The summed E-state index contributed by atoms with van der Waals surface area (Å²) in [6, 6.07) is 18.4. The standard InChI is InChI=1S/C23H23N3O3/c1-15(2)22(27)25-18-11-8-17(9-12-18)23(28)26-24-14-20-19-7-5-4-6-16(19)10-13-21(20)29-3/h4-15H,1-3H3,(H,25,27)(H,26,28)/b24-14+. The fourth-order valence-corrected chi connectivity index (χ4v) is 2.80. The molecule has 0 saturated heterocycles. The smallest absolute Gasteiger partial charge is 0.271 e. The number of carbonyl (C=O) groups is 2. The van der Waals surface area contributed by atoms with Crippen molar-refractivity contribution in [2.45, 2.75) is 13.8 Å². The summed E-state index contributed by atoms with van der Waals surface area (Å²) in [7, 11) is 1.60. The second-order valence-corrected chi connectivity index (χ2v) is 6.82. The van der Waals surface area contributed by atoms with Gasteiger partial charge in [-0.25, -0.2) is 5.43 Å². The molecular formula is C23H23N3O3. The lowest BCUT2D eigenvalue weighted by atomic mass is 10.0. The van der Waals surface area contributed by atoms with Gasteiger partial charge in [-0.05, 0) is 41.1 Å². The highest BCUT2D eigenvalue weighted by atomic mass is 16.5. The lowest BCUT2D eigenvalue weighted by Gasteiger charge is -2.09. The highest BCUT2D eigenvalue weighted by Crippen LogP contribution is 2.26. The molecule has 2 amide bonds. The lowest BCUT2D eigenvalue weighted by Crippen LogP contribution is -2.19. The predicted molar refractivity (Wildman–Crippen MR) is 115 cm³/mol. The first-order valence-corrected chi connectivity index (χ1v) is 9.29. The number of ether oxygens (including phenoxy) is 1. The van der Waals surface area contributed by atoms with Gasteiger partial charge in [-0.15, -0.1) is 0 Å². The number of hydrazone groups is 1. The van der Waals surface area contributed by atoms with Crippen LogP contribution >= 0.6 is 0 Å². The van der Waals surface area contributed by atoms with Crippen molar-refractivity contribution in [2.24, 2.45) is 11.0 Å². The zero-order valence-electron chi connectivity index (χ0n) is 16.6. The van der Waals surface area contributed by atoms with Crippen molar-refractivity contribution >= 4 is 34.5 Å². The van der Waals surface area contributed by atoms with Crippen molar-refractivity contribution in [2.75, 3.05) is 12.4 Å². The number of hydrogen-bond acceptors (Lipinski definition) is 4. The number of hydrogen-bond donors (Lipinski definition) is 2. The number of fused-ring (bicyclic) bond motifs is 1. The summed E-state index contributed by atoms with van der Waals surface area (Å²) in [5.41, 5.74) is 4.40. The van der Waals surface area contributed by atoms with E-state index in [0.717, 1.165) is 16.3 Å². The van der Waals surface area contributed by atoms with E-state index in [1.54, 1.807) is 37.6 Å². The topological polar surface area (TPSA) is 79.8 Å². The molecule has 29 heavy (non-hydrogen) atoms. The Morgan fingerprint density at radius 2 is 1.72 bits per heavy atom. The number of rotatable bonds is 6. The molecule has 0 bridgehead atoms. The van der Waals surface area contributed by atoms with Gasteiger partial charge in [-0.1, -0.05) is 44.2 Å². The van der Waals surface area contributed by atoms with Crippen molar-refractivity contribution < 1.29 is 14.3 Å². The van der Waals surface area contributed by atoms with E-state index in [4.69, 9.17) is 4.74 Å². The van der Waals surface area contributed by atoms with Crippen LogP contribution in [0.4, 0.5) is 5.69 Å². The van der Waals surface area contributed by atoms with E-state index in [1.165, 1.54) is 0 Å². The summed E-state index contributed by atoms with van der Waals surface area (Å²) in [4.78, 5) is 24.1. The first-order chi connectivity index (χ1) is 14.0. The van der Waals surface area contributed by atoms with E-state index in [-0.39, 0.29) is 17.7 Å². The van der Waals surface area contributed by atoms with Gasteiger partial charge < -0.3 is 10.1 Å². The minimum Gasteiger partial charge on any atom is -0.496 e. The molecule has 0 spiro atoms. The largest absolute Gasteiger partial charge is 0.496 e. The highest BCUT2D eigenvalue weighted by molar-refractivity contribution is 6.03. The van der Waals surface area contributed by atoms with E-state index < -0.39 is 0 Å². The first-order valence-electron chi connectivity index (χ1n) is 9.29. The van der Waals surface area contributed by atoms with Crippen molar-refractivity contribution in [1.29, 1.82) is 0 Å². The van der Waals surface area contributed by atoms with Gasteiger partial charge in [0.15, 0.2) is 0 Å². The minimum atomic E-state index is -0.345. The summed E-state index contributed by atoms with van der Waals surface area (Å²) in [5.74, 6) is 0.142. The van der Waals surface area contributed by atoms with Crippen LogP contribution in [0.5, 0.6) is 5.75 Å². The van der Waals surface area contributed by atoms with Gasteiger partial charge in [0.2, 0.25) is 5.91 Å². The number of amides is 2. The van der Waals surface area contributed by atoms with E-state index >= 15 is 0 Å². The number of nitrogens with zero attached hydrogens (tertiary/aromatic N) is 1. The molecule has 2 N–H and O–H groups in total. The molecule has 3 rings (SSSR count). The van der Waals surface area contributed by atoms with E-state index in [0.29, 0.717) is 17.0 Å². The predicted octanol–water partition coefficient (Wildman–Crippen LogP) is 4.21. The molecule has 6 nitrogen and oxygen atoms in total.